The van der Waals surface area contributed by atoms with E-state index in [4.69, 9.17) is 0 Å². The van der Waals surface area contributed by atoms with Gasteiger partial charge >= 0.3 is 45.6 Å². The van der Waals surface area contributed by atoms with Crippen LogP contribution in [0.25, 0.3) is 0 Å². The zero-order valence-corrected chi connectivity index (χ0v) is 4.17. The Labute approximate surface area is 86.7 Å². The molecule has 5 heteroatoms. The maximum absolute atomic E-state index is 0. The monoisotopic (exact) mass is 302 g/mol. The van der Waals surface area contributed by atoms with Gasteiger partial charge in [0.2, 0.25) is 0 Å². The average molecular weight is 304 g/mol. The SMILES string of the molecule is O.[AlH3].[GaH3].[InH3].[Zn]. The third kappa shape index (κ3) is 20.6. The van der Waals surface area contributed by atoms with Gasteiger partial charge in [-0.05, 0) is 0 Å². The molecule has 0 atom stereocenters. The fourth-order valence-electron chi connectivity index (χ4n) is 0. The molecule has 0 fully saturated rings. The summed E-state index contributed by atoms with van der Waals surface area (Å²) >= 11 is 0. The Kier molecular flexibility index (Phi) is 296. The standard InChI is InChI=1S/Al.Ga.In.H2O.Zn.9H/h;;;1H2;;;;;;;;;;. The van der Waals surface area contributed by atoms with Crippen molar-refractivity contribution in [2.24, 2.45) is 0 Å². The Balaban J connectivity index is 0. The third-order valence-electron chi connectivity index (χ3n) is 0. The number of hydrogen-bond donors (Lipinski definition) is 0. The second-order valence-corrected chi connectivity index (χ2v) is 0. The van der Waals surface area contributed by atoms with Crippen LogP contribution < -0.4 is 0 Å². The fraction of sp³-hybridized carbons (Fsp3) is 0. The topological polar surface area (TPSA) is 31.5 Å². The third-order valence-corrected chi connectivity index (χ3v) is 0. The minimum Gasteiger partial charge on any atom is 0 e. The molecule has 0 aromatic rings. The van der Waals surface area contributed by atoms with Gasteiger partial charge in [0, 0.05) is 19.5 Å². The van der Waals surface area contributed by atoms with Gasteiger partial charge in [0.15, 0.2) is 17.4 Å². The van der Waals surface area contributed by atoms with Crippen molar-refractivity contribution in [3.63, 3.8) is 0 Å². The van der Waals surface area contributed by atoms with E-state index in [1.165, 1.54) is 0 Å². The van der Waals surface area contributed by atoms with Crippen molar-refractivity contribution in [3.8, 4) is 0 Å². The van der Waals surface area contributed by atoms with Crippen LogP contribution in [0.4, 0.5) is 0 Å². The minimum absolute atomic E-state index is 0. The van der Waals surface area contributed by atoms with E-state index in [1.54, 1.807) is 0 Å². The summed E-state index contributed by atoms with van der Waals surface area (Å²) < 4.78 is 0. The van der Waals surface area contributed by atoms with E-state index in [9.17, 15) is 0 Å². The van der Waals surface area contributed by atoms with Crippen LogP contribution in [0.2, 0.25) is 0 Å². The molecule has 0 aliphatic rings. The van der Waals surface area contributed by atoms with Crippen LogP contribution in [0.15, 0.2) is 0 Å². The molecule has 0 spiro atoms. The van der Waals surface area contributed by atoms with Gasteiger partial charge in [-0.1, -0.05) is 0 Å². The molecule has 0 aliphatic heterocycles. The molecule has 0 radical (unpaired) electrons. The average Bonchev–Trinajstić information content (AvgIpc) is 0. The maximum Gasteiger partial charge on any atom is 0 e. The first kappa shape index (κ1) is 48.6. The Morgan fingerprint density at radius 2 is 1.00 bits per heavy atom. The van der Waals surface area contributed by atoms with Gasteiger partial charge in [-0.15, -0.1) is 0 Å². The molecule has 28 valence electrons. The molecule has 0 rings (SSSR count). The molecule has 1 nitrogen and oxygen atoms in total. The molecule has 5 heavy (non-hydrogen) atoms. The van der Waals surface area contributed by atoms with E-state index in [0.717, 1.165) is 0 Å². The second-order valence-electron chi connectivity index (χ2n) is 0. The molecule has 0 heterocycles. The van der Waals surface area contributed by atoms with Gasteiger partial charge in [-0.25, -0.2) is 0 Å². The van der Waals surface area contributed by atoms with Crippen LogP contribution in [0.3, 0.4) is 0 Å². The number of hydrogen-bond acceptors (Lipinski definition) is 0. The van der Waals surface area contributed by atoms with Crippen LogP contribution in [0.1, 0.15) is 0 Å². The van der Waals surface area contributed by atoms with Crippen molar-refractivity contribution >= 4 is 63.0 Å². The van der Waals surface area contributed by atoms with Crippen LogP contribution in [0, 0.1) is 0 Å². The van der Waals surface area contributed by atoms with Crippen molar-refractivity contribution in [2.45, 2.75) is 0 Å². The Morgan fingerprint density at radius 1 is 1.00 bits per heavy atom. The summed E-state index contributed by atoms with van der Waals surface area (Å²) in [5, 5.41) is 0. The van der Waals surface area contributed by atoms with E-state index >= 15 is 0 Å². The molecular formula is H11AlGaInOZn. The zero-order chi connectivity index (χ0) is 0. The predicted molar refractivity (Wildman–Crippen MR) is 33.4 cm³/mol. The van der Waals surface area contributed by atoms with Crippen molar-refractivity contribution in [3.05, 3.63) is 0 Å². The second kappa shape index (κ2) is 30.4. The van der Waals surface area contributed by atoms with Crippen LogP contribution in [-0.4, -0.2) is 68.5 Å². The smallest absolute Gasteiger partial charge is 0 e. The summed E-state index contributed by atoms with van der Waals surface area (Å²) in [6.07, 6.45) is 0. The van der Waals surface area contributed by atoms with Gasteiger partial charge in [-0.2, -0.15) is 0 Å². The van der Waals surface area contributed by atoms with E-state index < -0.39 is 0 Å². The first-order valence-corrected chi connectivity index (χ1v) is 0. The van der Waals surface area contributed by atoms with Gasteiger partial charge in [-0.3, -0.25) is 0 Å². The fourth-order valence-corrected chi connectivity index (χ4v) is 0. The summed E-state index contributed by atoms with van der Waals surface area (Å²) in [7, 11) is 0. The molecular weight excluding hydrogens is 293 g/mol. The van der Waals surface area contributed by atoms with Crippen molar-refractivity contribution < 1.29 is 25.0 Å². The van der Waals surface area contributed by atoms with E-state index in [1.807, 2.05) is 0 Å². The van der Waals surface area contributed by atoms with Crippen LogP contribution in [-0.2, 0) is 19.5 Å². The molecule has 0 amide bonds. The first-order chi connectivity index (χ1) is 0. The summed E-state index contributed by atoms with van der Waals surface area (Å²) in [6.45, 7) is 0. The molecule has 0 bridgehead atoms. The van der Waals surface area contributed by atoms with Crippen LogP contribution >= 0.6 is 0 Å². The van der Waals surface area contributed by atoms with Crippen LogP contribution in [0.5, 0.6) is 0 Å². The Hall–Kier alpha value is 2.62. The largest absolute Gasteiger partial charge is 0 e. The van der Waals surface area contributed by atoms with Gasteiger partial charge in [0.25, 0.3) is 0 Å². The van der Waals surface area contributed by atoms with E-state index in [0.29, 0.717) is 0 Å². The summed E-state index contributed by atoms with van der Waals surface area (Å²) in [5.41, 5.74) is 0. The predicted octanol–water partition coefficient (Wildman–Crippen LogP) is -4.38. The van der Waals surface area contributed by atoms with Crippen molar-refractivity contribution in [2.75, 3.05) is 0 Å². The Bertz CT molecular complexity index is 11.6. The summed E-state index contributed by atoms with van der Waals surface area (Å²) in [6, 6.07) is 0. The van der Waals surface area contributed by atoms with E-state index in [-0.39, 0.29) is 87.9 Å². The molecule has 0 saturated heterocycles. The van der Waals surface area contributed by atoms with Crippen molar-refractivity contribution in [1.82, 2.24) is 0 Å². The molecule has 0 aromatic heterocycles. The molecule has 0 unspecified atom stereocenters. The number of rotatable bonds is 0. The molecule has 0 aromatic carbocycles. The summed E-state index contributed by atoms with van der Waals surface area (Å²) in [4.78, 5) is 0. The zero-order valence-electron chi connectivity index (χ0n) is 1.21. The quantitative estimate of drug-likeness (QED) is 0.405. The first-order valence-electron chi connectivity index (χ1n) is 0. The normalized spacial score (nSPS) is 0. The molecule has 2 N–H and O–H groups in total. The van der Waals surface area contributed by atoms with Crippen molar-refractivity contribution in [1.29, 1.82) is 0 Å². The van der Waals surface area contributed by atoms with E-state index in [2.05, 4.69) is 0 Å². The summed E-state index contributed by atoms with van der Waals surface area (Å²) in [5.74, 6) is 0. The van der Waals surface area contributed by atoms with Gasteiger partial charge in [0.1, 0.15) is 0 Å². The van der Waals surface area contributed by atoms with Gasteiger partial charge < -0.3 is 5.48 Å². The maximum atomic E-state index is 0. The molecule has 0 aliphatic carbocycles. The molecule has 0 saturated carbocycles. The Morgan fingerprint density at radius 3 is 1.00 bits per heavy atom. The van der Waals surface area contributed by atoms with Gasteiger partial charge in [0.05, 0.1) is 0 Å². The minimum atomic E-state index is 0.